The first-order valence-corrected chi connectivity index (χ1v) is 7.68. The first-order valence-electron chi connectivity index (χ1n) is 7.68. The molecule has 0 aromatic rings. The van der Waals surface area contributed by atoms with Gasteiger partial charge in [0.05, 0.1) is 42.9 Å². The lowest BCUT2D eigenvalue weighted by Gasteiger charge is -2.22. The van der Waals surface area contributed by atoms with Crippen LogP contribution in [0.25, 0.3) is 0 Å². The average Bonchev–Trinajstić information content (AvgIpc) is 2.52. The number of carbonyl (C=O) groups is 7. The Bertz CT molecular complexity index is 650. The van der Waals surface area contributed by atoms with Crippen molar-refractivity contribution in [3.63, 3.8) is 0 Å². The summed E-state index contributed by atoms with van der Waals surface area (Å²) in [6, 6.07) is 0. The van der Waals surface area contributed by atoms with E-state index < -0.39 is 84.7 Å². The Balaban J connectivity index is 0. The zero-order valence-electron chi connectivity index (χ0n) is 14.9. The van der Waals surface area contributed by atoms with Crippen molar-refractivity contribution in [2.75, 3.05) is 0 Å². The molecular weight excluding hydrogens is 404 g/mol. The maximum atomic E-state index is 10.9. The van der Waals surface area contributed by atoms with Crippen LogP contribution < -0.4 is 0 Å². The van der Waals surface area contributed by atoms with Crippen LogP contribution in [-0.2, 0) is 33.6 Å². The van der Waals surface area contributed by atoms with Gasteiger partial charge in [0.25, 0.3) is 0 Å². The number of carboxylic acids is 7. The molecule has 0 aromatic heterocycles. The lowest BCUT2D eigenvalue weighted by atomic mass is 9.80. The second kappa shape index (κ2) is 12.6. The number of rotatable bonds is 12. The SMILES string of the molecule is CC(C(=O)O)C(C(=O)O)C(CC(=O)O)C(=O)O.O=C(O)CC(CC(=O)O)C(=O)O. The maximum Gasteiger partial charge on any atom is 0.308 e. The van der Waals surface area contributed by atoms with Crippen molar-refractivity contribution in [3.8, 4) is 0 Å². The summed E-state index contributed by atoms with van der Waals surface area (Å²) in [5.74, 6) is -16.7. The molecule has 0 aliphatic rings. The van der Waals surface area contributed by atoms with Crippen molar-refractivity contribution in [1.82, 2.24) is 0 Å². The summed E-state index contributed by atoms with van der Waals surface area (Å²) in [6.45, 7) is 1.03. The Morgan fingerprint density at radius 1 is 0.552 bits per heavy atom. The van der Waals surface area contributed by atoms with Gasteiger partial charge in [-0.15, -0.1) is 0 Å². The Labute approximate surface area is 162 Å². The Morgan fingerprint density at radius 3 is 1.14 bits per heavy atom. The molecule has 0 spiro atoms. The minimum absolute atomic E-state index is 0.665. The molecule has 164 valence electrons. The lowest BCUT2D eigenvalue weighted by molar-refractivity contribution is -0.163. The van der Waals surface area contributed by atoms with Crippen LogP contribution in [0, 0.1) is 23.7 Å². The maximum absolute atomic E-state index is 10.9. The Kier molecular flexibility index (Phi) is 12.0. The van der Waals surface area contributed by atoms with Crippen molar-refractivity contribution >= 4 is 41.8 Å². The smallest absolute Gasteiger partial charge is 0.308 e. The van der Waals surface area contributed by atoms with Crippen LogP contribution in [0.5, 0.6) is 0 Å². The molecule has 0 aromatic carbocycles. The quantitative estimate of drug-likeness (QED) is 0.203. The minimum Gasteiger partial charge on any atom is -0.481 e. The average molecular weight is 424 g/mol. The highest BCUT2D eigenvalue weighted by Crippen LogP contribution is 2.25. The molecule has 0 saturated heterocycles. The van der Waals surface area contributed by atoms with Gasteiger partial charge in [0.15, 0.2) is 0 Å². The van der Waals surface area contributed by atoms with Crippen molar-refractivity contribution in [1.29, 1.82) is 0 Å². The molecule has 0 saturated carbocycles. The highest BCUT2D eigenvalue weighted by molar-refractivity contribution is 5.87. The summed E-state index contributed by atoms with van der Waals surface area (Å²) >= 11 is 0. The minimum atomic E-state index is -1.79. The van der Waals surface area contributed by atoms with Crippen LogP contribution in [0.15, 0.2) is 0 Å². The fourth-order valence-electron chi connectivity index (χ4n) is 2.11. The third-order valence-corrected chi connectivity index (χ3v) is 3.55. The molecule has 0 radical (unpaired) electrons. The molecule has 14 nitrogen and oxygen atoms in total. The normalized spacial score (nSPS) is 13.2. The van der Waals surface area contributed by atoms with Gasteiger partial charge < -0.3 is 35.7 Å². The standard InChI is InChI=1S/C9H12O8.C6H8O6/c1-3(7(12)13)6(9(16)17)4(8(14)15)2-5(10)11;7-4(8)1-3(6(11)12)2-5(9)10/h3-4,6H,2H2,1H3,(H,10,11)(H,12,13)(H,14,15)(H,16,17);3H,1-2H2,(H,7,8)(H,9,10)(H,11,12). The molecule has 29 heavy (non-hydrogen) atoms. The third-order valence-electron chi connectivity index (χ3n) is 3.55. The first kappa shape index (κ1) is 27.5. The summed E-state index contributed by atoms with van der Waals surface area (Å²) in [7, 11) is 0. The van der Waals surface area contributed by atoms with Crippen LogP contribution in [0.2, 0.25) is 0 Å². The van der Waals surface area contributed by atoms with Crippen molar-refractivity contribution < 1.29 is 69.3 Å². The van der Waals surface area contributed by atoms with Crippen LogP contribution >= 0.6 is 0 Å². The highest BCUT2D eigenvalue weighted by atomic mass is 16.4. The summed E-state index contributed by atoms with van der Waals surface area (Å²) in [6.07, 6.45) is -2.27. The van der Waals surface area contributed by atoms with Gasteiger partial charge in [-0.05, 0) is 0 Å². The van der Waals surface area contributed by atoms with E-state index in [1.807, 2.05) is 0 Å². The summed E-state index contributed by atoms with van der Waals surface area (Å²) in [5.41, 5.74) is 0. The zero-order chi connectivity index (χ0) is 23.5. The van der Waals surface area contributed by atoms with E-state index in [1.165, 1.54) is 0 Å². The van der Waals surface area contributed by atoms with Gasteiger partial charge in [-0.3, -0.25) is 33.6 Å². The van der Waals surface area contributed by atoms with Gasteiger partial charge in [0.1, 0.15) is 0 Å². The Morgan fingerprint density at radius 2 is 0.931 bits per heavy atom. The topological polar surface area (TPSA) is 261 Å². The molecule has 7 N–H and O–H groups in total. The molecule has 3 atom stereocenters. The number of carboxylic acid groups (broad SMARTS) is 7. The largest absolute Gasteiger partial charge is 0.481 e. The van der Waals surface area contributed by atoms with Crippen LogP contribution in [0.4, 0.5) is 0 Å². The van der Waals surface area contributed by atoms with E-state index in [9.17, 15) is 33.6 Å². The monoisotopic (exact) mass is 424 g/mol. The number of hydrogen-bond acceptors (Lipinski definition) is 7. The van der Waals surface area contributed by atoms with Crippen LogP contribution in [0.1, 0.15) is 26.2 Å². The van der Waals surface area contributed by atoms with E-state index >= 15 is 0 Å². The molecule has 0 aliphatic heterocycles. The second-order valence-electron chi connectivity index (χ2n) is 5.76. The number of hydrogen-bond donors (Lipinski definition) is 7. The van der Waals surface area contributed by atoms with Gasteiger partial charge >= 0.3 is 41.8 Å². The second-order valence-corrected chi connectivity index (χ2v) is 5.76. The molecular formula is C15H20O14. The van der Waals surface area contributed by atoms with Gasteiger partial charge in [-0.2, -0.15) is 0 Å². The molecule has 0 aliphatic carbocycles. The van der Waals surface area contributed by atoms with E-state index in [2.05, 4.69) is 0 Å². The molecule has 0 rings (SSSR count). The van der Waals surface area contributed by atoms with Gasteiger partial charge in [-0.1, -0.05) is 6.92 Å². The van der Waals surface area contributed by atoms with E-state index in [0.29, 0.717) is 0 Å². The molecule has 0 amide bonds. The van der Waals surface area contributed by atoms with Crippen molar-refractivity contribution in [2.24, 2.45) is 23.7 Å². The molecule has 14 heteroatoms. The van der Waals surface area contributed by atoms with E-state index in [4.69, 9.17) is 35.7 Å². The van der Waals surface area contributed by atoms with Crippen molar-refractivity contribution in [2.45, 2.75) is 26.2 Å². The van der Waals surface area contributed by atoms with E-state index in [0.717, 1.165) is 6.92 Å². The Hall–Kier alpha value is -3.71. The lowest BCUT2D eigenvalue weighted by Crippen LogP contribution is -2.38. The molecule has 0 bridgehead atoms. The van der Waals surface area contributed by atoms with Gasteiger partial charge in [0.2, 0.25) is 0 Å². The van der Waals surface area contributed by atoms with Crippen LogP contribution in [-0.4, -0.2) is 77.5 Å². The predicted molar refractivity (Wildman–Crippen MR) is 86.9 cm³/mol. The summed E-state index contributed by atoms with van der Waals surface area (Å²) in [4.78, 5) is 73.0. The first-order chi connectivity index (χ1) is 13.1. The molecule has 0 heterocycles. The van der Waals surface area contributed by atoms with Gasteiger partial charge in [0, 0.05) is 0 Å². The molecule has 0 fully saturated rings. The summed E-state index contributed by atoms with van der Waals surface area (Å²) in [5, 5.41) is 59.4. The van der Waals surface area contributed by atoms with E-state index in [-0.39, 0.29) is 0 Å². The fourth-order valence-corrected chi connectivity index (χ4v) is 2.11. The fraction of sp³-hybridized carbons (Fsp3) is 0.533. The van der Waals surface area contributed by atoms with E-state index in [1.54, 1.807) is 0 Å². The predicted octanol–water partition coefficient (Wildman–Crippen LogP) is -0.780. The summed E-state index contributed by atoms with van der Waals surface area (Å²) < 4.78 is 0. The highest BCUT2D eigenvalue weighted by Gasteiger charge is 2.41. The third kappa shape index (κ3) is 11.6. The van der Waals surface area contributed by atoms with Gasteiger partial charge in [-0.25, -0.2) is 0 Å². The number of aliphatic carboxylic acids is 7. The zero-order valence-corrected chi connectivity index (χ0v) is 14.9. The van der Waals surface area contributed by atoms with Crippen molar-refractivity contribution in [3.05, 3.63) is 0 Å². The molecule has 3 unspecified atom stereocenters. The van der Waals surface area contributed by atoms with Crippen LogP contribution in [0.3, 0.4) is 0 Å².